The maximum atomic E-state index is 12.6. The third-order valence-electron chi connectivity index (χ3n) is 1.65. The molecule has 0 N–H and O–H groups in total. The van der Waals surface area contributed by atoms with Gasteiger partial charge in [-0.05, 0) is 19.1 Å². The first-order valence-corrected chi connectivity index (χ1v) is 4.54. The normalized spacial score (nSPS) is 11.6. The van der Waals surface area contributed by atoms with Crippen molar-refractivity contribution in [3.8, 4) is 11.5 Å². The second-order valence-electron chi connectivity index (χ2n) is 2.84. The largest absolute Gasteiger partial charge is 0.490 e. The molecule has 2 nitrogen and oxygen atoms in total. The fourth-order valence-corrected chi connectivity index (χ4v) is 1.00. The van der Waals surface area contributed by atoms with Crippen LogP contribution in [0.4, 0.5) is 17.6 Å². The van der Waals surface area contributed by atoms with Crippen LogP contribution in [0, 0.1) is 0 Å². The molecule has 0 heterocycles. The third kappa shape index (κ3) is 3.01. The quantitative estimate of drug-likeness (QED) is 0.732. The molecule has 0 atom stereocenters. The summed E-state index contributed by atoms with van der Waals surface area (Å²) in [5.41, 5.74) is 0. The lowest BCUT2D eigenvalue weighted by Crippen LogP contribution is -2.33. The van der Waals surface area contributed by atoms with Crippen molar-refractivity contribution in [3.63, 3.8) is 0 Å². The van der Waals surface area contributed by atoms with Crippen LogP contribution >= 0.6 is 0 Å². The van der Waals surface area contributed by atoms with Gasteiger partial charge in [-0.25, -0.2) is 0 Å². The average molecular weight is 238 g/mol. The van der Waals surface area contributed by atoms with Gasteiger partial charge in [-0.15, -0.1) is 0 Å². The molecule has 0 aliphatic heterocycles. The molecule has 0 aromatic heterocycles. The molecule has 0 saturated carbocycles. The summed E-state index contributed by atoms with van der Waals surface area (Å²) in [5.74, 6) is -0.403. The minimum absolute atomic E-state index is 0.00493. The smallest absolute Gasteiger partial charge is 0.461 e. The molecule has 0 unspecified atom stereocenters. The van der Waals surface area contributed by atoms with Crippen LogP contribution in [0.2, 0.25) is 0 Å². The molecule has 0 radical (unpaired) electrons. The van der Waals surface area contributed by atoms with E-state index in [4.69, 9.17) is 4.74 Å². The van der Waals surface area contributed by atoms with E-state index >= 15 is 0 Å². The van der Waals surface area contributed by atoms with Crippen molar-refractivity contribution in [3.05, 3.63) is 24.3 Å². The molecule has 1 aromatic rings. The first kappa shape index (κ1) is 12.6. The Morgan fingerprint density at radius 3 is 2.25 bits per heavy atom. The Balaban J connectivity index is 2.88. The molecule has 0 fully saturated rings. The predicted octanol–water partition coefficient (Wildman–Crippen LogP) is 3.32. The van der Waals surface area contributed by atoms with E-state index in [2.05, 4.69) is 4.74 Å². The molecule has 0 bridgehead atoms. The maximum absolute atomic E-state index is 12.6. The third-order valence-corrected chi connectivity index (χ3v) is 1.65. The number of hydrogen-bond donors (Lipinski definition) is 0. The molecule has 1 aromatic carbocycles. The van der Waals surface area contributed by atoms with Gasteiger partial charge in [0.2, 0.25) is 0 Å². The van der Waals surface area contributed by atoms with Crippen LogP contribution in [0.3, 0.4) is 0 Å². The van der Waals surface area contributed by atoms with Crippen molar-refractivity contribution in [1.29, 1.82) is 0 Å². The van der Waals surface area contributed by atoms with Crippen molar-refractivity contribution in [2.45, 2.75) is 19.5 Å². The molecule has 0 spiro atoms. The summed E-state index contributed by atoms with van der Waals surface area (Å²) in [5, 5.41) is 0. The van der Waals surface area contributed by atoms with E-state index in [-0.39, 0.29) is 12.4 Å². The van der Waals surface area contributed by atoms with Gasteiger partial charge in [-0.1, -0.05) is 12.1 Å². The van der Waals surface area contributed by atoms with Crippen LogP contribution in [0.25, 0.3) is 0 Å². The first-order valence-electron chi connectivity index (χ1n) is 4.54. The van der Waals surface area contributed by atoms with Crippen LogP contribution in [0.15, 0.2) is 24.3 Å². The van der Waals surface area contributed by atoms with Gasteiger partial charge in [-0.3, -0.25) is 0 Å². The van der Waals surface area contributed by atoms with E-state index in [1.807, 2.05) is 0 Å². The summed E-state index contributed by atoms with van der Waals surface area (Å²) in [4.78, 5) is 0. The van der Waals surface area contributed by atoms with Gasteiger partial charge in [0, 0.05) is 0 Å². The summed E-state index contributed by atoms with van der Waals surface area (Å²) < 4.78 is 57.9. The lowest BCUT2D eigenvalue weighted by Gasteiger charge is -2.18. The van der Waals surface area contributed by atoms with E-state index in [1.165, 1.54) is 18.2 Å². The zero-order chi connectivity index (χ0) is 12.2. The summed E-state index contributed by atoms with van der Waals surface area (Å²) >= 11 is 0. The Bertz CT molecular complexity index is 341. The molecule has 0 aliphatic carbocycles. The van der Waals surface area contributed by atoms with Gasteiger partial charge in [0.05, 0.1) is 6.61 Å². The van der Waals surface area contributed by atoms with Gasteiger partial charge >= 0.3 is 12.5 Å². The Morgan fingerprint density at radius 1 is 1.19 bits per heavy atom. The fourth-order valence-electron chi connectivity index (χ4n) is 1.00. The number of alkyl halides is 4. The van der Waals surface area contributed by atoms with Gasteiger partial charge in [-0.2, -0.15) is 17.6 Å². The minimum atomic E-state index is -4.52. The SMILES string of the molecule is CCOc1ccccc1OC(F)(F)C(F)F. The number of ether oxygens (including phenoxy) is 2. The molecular formula is C10H10F4O2. The molecule has 0 aliphatic rings. The van der Waals surface area contributed by atoms with E-state index in [9.17, 15) is 17.6 Å². The lowest BCUT2D eigenvalue weighted by molar-refractivity contribution is -0.253. The zero-order valence-electron chi connectivity index (χ0n) is 8.42. The van der Waals surface area contributed by atoms with Crippen LogP contribution < -0.4 is 9.47 Å². The Morgan fingerprint density at radius 2 is 1.75 bits per heavy atom. The number of rotatable bonds is 5. The topological polar surface area (TPSA) is 18.5 Å². The molecule has 1 rings (SSSR count). The highest BCUT2D eigenvalue weighted by Crippen LogP contribution is 2.33. The molecule has 90 valence electrons. The highest BCUT2D eigenvalue weighted by atomic mass is 19.3. The van der Waals surface area contributed by atoms with Crippen molar-refractivity contribution in [2.24, 2.45) is 0 Å². The Kier molecular flexibility index (Phi) is 3.98. The summed E-state index contributed by atoms with van der Waals surface area (Å²) in [6.45, 7) is 1.86. The van der Waals surface area contributed by atoms with Crippen molar-refractivity contribution < 1.29 is 27.0 Å². The number of hydrogen-bond acceptors (Lipinski definition) is 2. The summed E-state index contributed by atoms with van der Waals surface area (Å²) in [7, 11) is 0. The van der Waals surface area contributed by atoms with E-state index in [0.717, 1.165) is 6.07 Å². The van der Waals surface area contributed by atoms with Crippen LogP contribution in [-0.4, -0.2) is 19.1 Å². The standard InChI is InChI=1S/C10H10F4O2/c1-2-15-7-5-3-4-6-8(7)16-10(13,14)9(11)12/h3-6,9H,2H2,1H3. The highest BCUT2D eigenvalue weighted by Gasteiger charge is 2.44. The second-order valence-corrected chi connectivity index (χ2v) is 2.84. The Hall–Kier alpha value is -1.46. The molecule has 0 saturated heterocycles. The molecular weight excluding hydrogens is 228 g/mol. The predicted molar refractivity (Wildman–Crippen MR) is 49.2 cm³/mol. The van der Waals surface area contributed by atoms with Crippen LogP contribution in [0.1, 0.15) is 6.92 Å². The molecule has 6 heteroatoms. The van der Waals surface area contributed by atoms with Crippen molar-refractivity contribution in [1.82, 2.24) is 0 Å². The van der Waals surface area contributed by atoms with Crippen molar-refractivity contribution >= 4 is 0 Å². The van der Waals surface area contributed by atoms with Crippen LogP contribution in [0.5, 0.6) is 11.5 Å². The zero-order valence-corrected chi connectivity index (χ0v) is 8.42. The highest BCUT2D eigenvalue weighted by molar-refractivity contribution is 5.39. The van der Waals surface area contributed by atoms with E-state index in [1.54, 1.807) is 6.92 Å². The van der Waals surface area contributed by atoms with Crippen molar-refractivity contribution in [2.75, 3.05) is 6.61 Å². The molecule has 16 heavy (non-hydrogen) atoms. The first-order chi connectivity index (χ1) is 7.47. The second kappa shape index (κ2) is 5.05. The number of benzene rings is 1. The van der Waals surface area contributed by atoms with Crippen LogP contribution in [-0.2, 0) is 0 Å². The summed E-state index contributed by atoms with van der Waals surface area (Å²) in [6.07, 6.45) is -8.41. The van der Waals surface area contributed by atoms with Gasteiger partial charge < -0.3 is 9.47 Å². The maximum Gasteiger partial charge on any atom is 0.461 e. The number of para-hydroxylation sites is 2. The summed E-state index contributed by atoms with van der Waals surface area (Å²) in [6, 6.07) is 5.42. The van der Waals surface area contributed by atoms with Gasteiger partial charge in [0.15, 0.2) is 11.5 Å². The fraction of sp³-hybridized carbons (Fsp3) is 0.400. The van der Waals surface area contributed by atoms with E-state index < -0.39 is 18.3 Å². The van der Waals surface area contributed by atoms with E-state index in [0.29, 0.717) is 0 Å². The lowest BCUT2D eigenvalue weighted by atomic mass is 10.3. The molecule has 0 amide bonds. The number of halogens is 4. The Labute approximate surface area is 89.8 Å². The minimum Gasteiger partial charge on any atom is -0.490 e. The average Bonchev–Trinajstić information content (AvgIpc) is 2.20. The van der Waals surface area contributed by atoms with Gasteiger partial charge in [0.25, 0.3) is 0 Å². The monoisotopic (exact) mass is 238 g/mol. The van der Waals surface area contributed by atoms with Gasteiger partial charge in [0.1, 0.15) is 0 Å².